The van der Waals surface area contributed by atoms with E-state index >= 15 is 0 Å². The summed E-state index contributed by atoms with van der Waals surface area (Å²) in [5, 5.41) is 0. The minimum Gasteiger partial charge on any atom is -0.399 e. The second-order valence-electron chi connectivity index (χ2n) is 6.29. The van der Waals surface area contributed by atoms with Crippen LogP contribution in [0.25, 0.3) is 5.57 Å². The highest BCUT2D eigenvalue weighted by atomic mass is 19.1. The Bertz CT molecular complexity index is 886. The van der Waals surface area contributed by atoms with Gasteiger partial charge in [-0.05, 0) is 68.7 Å². The van der Waals surface area contributed by atoms with Gasteiger partial charge in [0.1, 0.15) is 0 Å². The molecule has 3 nitrogen and oxygen atoms in total. The van der Waals surface area contributed by atoms with Gasteiger partial charge in [-0.1, -0.05) is 12.1 Å². The number of halogens is 1. The van der Waals surface area contributed by atoms with Crippen LogP contribution in [0, 0.1) is 13.8 Å². The van der Waals surface area contributed by atoms with E-state index in [1.807, 2.05) is 58.0 Å². The first-order valence-electron chi connectivity index (χ1n) is 7.99. The second-order valence-corrected chi connectivity index (χ2v) is 6.29. The van der Waals surface area contributed by atoms with Gasteiger partial charge < -0.3 is 14.5 Å². The van der Waals surface area contributed by atoms with Crippen LogP contribution in [0.2, 0.25) is 0 Å². The number of rotatable bonds is 3. The number of nitrogens with two attached hydrogens (primary N) is 1. The summed E-state index contributed by atoms with van der Waals surface area (Å²) in [4.78, 5) is 4.71. The molecule has 0 saturated heterocycles. The monoisotopic (exact) mass is 321 g/mol. The average Bonchev–Trinajstić information content (AvgIpc) is 3.00. The van der Waals surface area contributed by atoms with Gasteiger partial charge in [0.15, 0.2) is 0 Å². The van der Waals surface area contributed by atoms with Crippen LogP contribution in [0.5, 0.6) is 0 Å². The van der Waals surface area contributed by atoms with Crippen molar-refractivity contribution >= 4 is 24.7 Å². The summed E-state index contributed by atoms with van der Waals surface area (Å²) in [5.74, 6) is 0. The highest BCUT2D eigenvalue weighted by Gasteiger charge is 2.22. The molecule has 0 bridgehead atoms. The third-order valence-corrected chi connectivity index (χ3v) is 4.37. The molecule has 0 saturated carbocycles. The van der Waals surface area contributed by atoms with Gasteiger partial charge in [-0.2, -0.15) is 0 Å². The minimum absolute atomic E-state index is 0.563. The van der Waals surface area contributed by atoms with Gasteiger partial charge in [0.05, 0.1) is 5.70 Å². The van der Waals surface area contributed by atoms with Crippen LogP contribution in [-0.4, -0.2) is 17.9 Å². The quantitative estimate of drug-likeness (QED) is 0.675. The molecule has 1 aliphatic rings. The number of hydrogen-bond acceptors (Lipinski definition) is 2. The zero-order valence-corrected chi connectivity index (χ0v) is 14.5. The summed E-state index contributed by atoms with van der Waals surface area (Å²) in [7, 11) is -0.563. The van der Waals surface area contributed by atoms with E-state index < -0.39 is 7.69 Å². The molecule has 0 fully saturated rings. The molecule has 122 valence electrons. The van der Waals surface area contributed by atoms with Crippen molar-refractivity contribution in [1.82, 2.24) is 4.48 Å². The van der Waals surface area contributed by atoms with Crippen LogP contribution in [0.4, 0.5) is 10.0 Å². The van der Waals surface area contributed by atoms with E-state index in [2.05, 4.69) is 6.08 Å². The Balaban J connectivity index is 2.35. The van der Waals surface area contributed by atoms with E-state index in [4.69, 9.17) is 10.7 Å². The van der Waals surface area contributed by atoms with Gasteiger partial charge in [-0.25, -0.2) is 0 Å². The molecule has 2 heterocycles. The number of aliphatic imine (C=N–C) groups is 1. The Labute approximate surface area is 142 Å². The predicted molar refractivity (Wildman–Crippen MR) is 101 cm³/mol. The van der Waals surface area contributed by atoms with Crippen molar-refractivity contribution in [1.29, 1.82) is 0 Å². The smallest absolute Gasteiger partial charge is 0.399 e. The Kier molecular flexibility index (Phi) is 4.18. The highest BCUT2D eigenvalue weighted by Crippen LogP contribution is 2.36. The molecule has 0 amide bonds. The lowest BCUT2D eigenvalue weighted by Gasteiger charge is -2.16. The first kappa shape index (κ1) is 16.3. The van der Waals surface area contributed by atoms with E-state index in [0.717, 1.165) is 45.1 Å². The molecule has 1 aromatic heterocycles. The van der Waals surface area contributed by atoms with Crippen molar-refractivity contribution in [2.24, 2.45) is 4.99 Å². The minimum atomic E-state index is -0.563. The van der Waals surface area contributed by atoms with Crippen LogP contribution >= 0.6 is 0 Å². The summed E-state index contributed by atoms with van der Waals surface area (Å²) in [5.41, 5.74) is 14.2. The van der Waals surface area contributed by atoms with Gasteiger partial charge in [0, 0.05) is 28.4 Å². The SMILES string of the molecule is CC1=CC(C)=N/C1=C(/c1ccc(N)cc1)c1c(C)cc(C)n1BF. The molecule has 0 aliphatic carbocycles. The third kappa shape index (κ3) is 2.71. The van der Waals surface area contributed by atoms with Crippen molar-refractivity contribution in [3.05, 3.63) is 70.2 Å². The Morgan fingerprint density at radius 2 is 1.79 bits per heavy atom. The van der Waals surface area contributed by atoms with Gasteiger partial charge in [-0.15, -0.1) is 0 Å². The largest absolute Gasteiger partial charge is 0.448 e. The van der Waals surface area contributed by atoms with Crippen LogP contribution in [0.15, 0.2) is 52.7 Å². The molecule has 0 atom stereocenters. The molecule has 3 rings (SSSR count). The van der Waals surface area contributed by atoms with Gasteiger partial charge in [-0.3, -0.25) is 4.99 Å². The third-order valence-electron chi connectivity index (χ3n) is 4.37. The number of anilines is 1. The van der Waals surface area contributed by atoms with Gasteiger partial charge in [0.2, 0.25) is 0 Å². The maximum atomic E-state index is 13.7. The van der Waals surface area contributed by atoms with Crippen molar-refractivity contribution in [3.63, 3.8) is 0 Å². The average molecular weight is 321 g/mol. The van der Waals surface area contributed by atoms with E-state index in [9.17, 15) is 4.32 Å². The maximum absolute atomic E-state index is 13.7. The van der Waals surface area contributed by atoms with Crippen molar-refractivity contribution in [2.45, 2.75) is 27.7 Å². The van der Waals surface area contributed by atoms with E-state index in [-0.39, 0.29) is 0 Å². The number of benzene rings is 1. The summed E-state index contributed by atoms with van der Waals surface area (Å²) >= 11 is 0. The number of allylic oxidation sites excluding steroid dienone is 2. The van der Waals surface area contributed by atoms with E-state index in [1.54, 1.807) is 4.48 Å². The first-order valence-corrected chi connectivity index (χ1v) is 7.99. The molecule has 0 unspecified atom stereocenters. The number of aromatic nitrogens is 1. The zero-order chi connectivity index (χ0) is 17.4. The number of aryl methyl sites for hydroxylation is 2. The summed E-state index contributed by atoms with van der Waals surface area (Å²) in [6.07, 6.45) is 2.05. The molecule has 1 aliphatic heterocycles. The fourth-order valence-electron chi connectivity index (χ4n) is 3.30. The lowest BCUT2D eigenvalue weighted by atomic mass is 9.95. The Morgan fingerprint density at radius 3 is 2.33 bits per heavy atom. The summed E-state index contributed by atoms with van der Waals surface area (Å²) in [6.45, 7) is 7.95. The molecule has 0 spiro atoms. The zero-order valence-electron chi connectivity index (χ0n) is 14.5. The van der Waals surface area contributed by atoms with Crippen LogP contribution < -0.4 is 5.73 Å². The van der Waals surface area contributed by atoms with Crippen LogP contribution in [0.1, 0.15) is 36.4 Å². The number of nitrogens with zero attached hydrogens (tertiary/aromatic N) is 2. The molecule has 1 aromatic carbocycles. The van der Waals surface area contributed by atoms with Crippen molar-refractivity contribution in [2.75, 3.05) is 5.73 Å². The lowest BCUT2D eigenvalue weighted by Crippen LogP contribution is -2.09. The van der Waals surface area contributed by atoms with Crippen molar-refractivity contribution in [3.8, 4) is 0 Å². The summed E-state index contributed by atoms with van der Waals surface area (Å²) in [6, 6.07) is 9.69. The molecule has 2 aromatic rings. The number of hydrogen-bond donors (Lipinski definition) is 1. The Morgan fingerprint density at radius 1 is 1.12 bits per heavy atom. The molecular weight excluding hydrogens is 300 g/mol. The molecular formula is C19H21BFN3. The topological polar surface area (TPSA) is 43.3 Å². The van der Waals surface area contributed by atoms with Gasteiger partial charge in [0.25, 0.3) is 0 Å². The van der Waals surface area contributed by atoms with Crippen LogP contribution in [0.3, 0.4) is 0 Å². The molecule has 0 radical (unpaired) electrons. The molecule has 5 heteroatoms. The Hall–Kier alpha value is -2.56. The van der Waals surface area contributed by atoms with Gasteiger partial charge >= 0.3 is 7.69 Å². The van der Waals surface area contributed by atoms with E-state index in [0.29, 0.717) is 5.69 Å². The maximum Gasteiger partial charge on any atom is 0.448 e. The molecule has 2 N–H and O–H groups in total. The van der Waals surface area contributed by atoms with Crippen LogP contribution in [-0.2, 0) is 0 Å². The summed E-state index contributed by atoms with van der Waals surface area (Å²) < 4.78 is 15.4. The normalized spacial score (nSPS) is 16.0. The predicted octanol–water partition coefficient (Wildman–Crippen LogP) is 3.95. The lowest BCUT2D eigenvalue weighted by molar-refractivity contribution is 0.824. The number of nitrogen functional groups attached to an aromatic ring is 1. The molecule has 24 heavy (non-hydrogen) atoms. The van der Waals surface area contributed by atoms with Crippen molar-refractivity contribution < 1.29 is 4.32 Å². The fourth-order valence-corrected chi connectivity index (χ4v) is 3.30. The first-order chi connectivity index (χ1) is 11.4. The highest BCUT2D eigenvalue weighted by molar-refractivity contribution is 6.25. The standard InChI is InChI=1S/C19H21BFN3/c1-11-9-13(3)23-18(11)17(15-5-7-16(22)8-6-15)19-12(2)10-14(4)24(19)20-21/h5-10,20H,22H2,1-4H3/b18-17-. The second kappa shape index (κ2) is 6.15. The van der Waals surface area contributed by atoms with E-state index in [1.165, 1.54) is 0 Å². The fraction of sp³-hybridized carbons (Fsp3) is 0.211.